The first-order valence-corrected chi connectivity index (χ1v) is 9.00. The Kier molecular flexibility index (Phi) is 5.30. The van der Waals surface area contributed by atoms with E-state index < -0.39 is 6.04 Å². The fraction of sp³-hybridized carbons (Fsp3) is 0.389. The fourth-order valence-electron chi connectivity index (χ4n) is 2.89. The van der Waals surface area contributed by atoms with Crippen LogP contribution in [0, 0.1) is 13.8 Å². The second-order valence-corrected chi connectivity index (χ2v) is 6.53. The Morgan fingerprint density at radius 1 is 1.11 bits per heavy atom. The summed E-state index contributed by atoms with van der Waals surface area (Å²) in [4.78, 5) is 25.6. The molecule has 3 aromatic heterocycles. The van der Waals surface area contributed by atoms with Crippen LogP contribution in [0.15, 0.2) is 24.7 Å². The molecule has 10 nitrogen and oxygen atoms in total. The van der Waals surface area contributed by atoms with E-state index in [0.717, 1.165) is 11.4 Å². The molecular formula is C18H24N8O2. The summed E-state index contributed by atoms with van der Waals surface area (Å²) in [6.07, 6.45) is 4.71. The third-order valence-electron chi connectivity index (χ3n) is 4.71. The van der Waals surface area contributed by atoms with Gasteiger partial charge in [0.1, 0.15) is 11.7 Å². The summed E-state index contributed by atoms with van der Waals surface area (Å²) in [5, 5.41) is 18.1. The molecule has 0 radical (unpaired) electrons. The van der Waals surface area contributed by atoms with Gasteiger partial charge in [0.25, 0.3) is 5.91 Å². The minimum absolute atomic E-state index is 0.281. The van der Waals surface area contributed by atoms with E-state index in [0.29, 0.717) is 17.9 Å². The van der Waals surface area contributed by atoms with Crippen molar-refractivity contribution in [3.05, 3.63) is 41.7 Å². The van der Waals surface area contributed by atoms with E-state index >= 15 is 0 Å². The van der Waals surface area contributed by atoms with E-state index in [1.165, 1.54) is 6.20 Å². The van der Waals surface area contributed by atoms with Crippen molar-refractivity contribution in [2.75, 3.05) is 10.6 Å². The van der Waals surface area contributed by atoms with Crippen molar-refractivity contribution in [1.29, 1.82) is 0 Å². The number of hydrogen-bond acceptors (Lipinski definition) is 5. The number of rotatable bonds is 6. The molecule has 0 saturated carbocycles. The number of nitrogens with one attached hydrogen (secondary N) is 2. The van der Waals surface area contributed by atoms with Crippen LogP contribution in [0.1, 0.15) is 41.8 Å². The molecule has 0 aromatic carbocycles. The standard InChI is InChI=1S/C18H24N8O2/c1-6-25-16(18(28)22-14-9-20-24(5)12(14)3)15(10-21-25)23-17(27)13(4)26-11(2)7-8-19-26/h7-10,13H,6H2,1-5H3,(H,22,28)(H,23,27). The lowest BCUT2D eigenvalue weighted by Crippen LogP contribution is -2.27. The largest absolute Gasteiger partial charge is 0.321 e. The topological polar surface area (TPSA) is 112 Å². The van der Waals surface area contributed by atoms with Crippen LogP contribution in [0.25, 0.3) is 0 Å². The highest BCUT2D eigenvalue weighted by atomic mass is 16.2. The van der Waals surface area contributed by atoms with Crippen molar-refractivity contribution in [2.24, 2.45) is 7.05 Å². The third kappa shape index (κ3) is 3.53. The Hall–Kier alpha value is -3.43. The van der Waals surface area contributed by atoms with Gasteiger partial charge in [-0.2, -0.15) is 15.3 Å². The second-order valence-electron chi connectivity index (χ2n) is 6.53. The van der Waals surface area contributed by atoms with Gasteiger partial charge < -0.3 is 10.6 Å². The summed E-state index contributed by atoms with van der Waals surface area (Å²) in [5.41, 5.74) is 2.93. The highest BCUT2D eigenvalue weighted by Gasteiger charge is 2.24. The van der Waals surface area contributed by atoms with Crippen LogP contribution >= 0.6 is 0 Å². The van der Waals surface area contributed by atoms with Gasteiger partial charge in [-0.05, 0) is 33.8 Å². The molecule has 28 heavy (non-hydrogen) atoms. The molecule has 3 heterocycles. The van der Waals surface area contributed by atoms with Gasteiger partial charge in [-0.1, -0.05) is 0 Å². The zero-order chi connectivity index (χ0) is 20.4. The molecule has 2 N–H and O–H groups in total. The van der Waals surface area contributed by atoms with E-state index in [2.05, 4.69) is 25.9 Å². The summed E-state index contributed by atoms with van der Waals surface area (Å²) in [6.45, 7) is 7.84. The zero-order valence-electron chi connectivity index (χ0n) is 16.6. The van der Waals surface area contributed by atoms with Gasteiger partial charge in [0, 0.05) is 25.5 Å². The molecule has 10 heteroatoms. The lowest BCUT2D eigenvalue weighted by molar-refractivity contribution is -0.119. The molecule has 1 atom stereocenters. The SMILES string of the molecule is CCn1ncc(NC(=O)C(C)n2nccc2C)c1C(=O)Nc1cnn(C)c1C. The summed E-state index contributed by atoms with van der Waals surface area (Å²) in [5.74, 6) is -0.650. The number of anilines is 2. The molecule has 0 spiro atoms. The van der Waals surface area contributed by atoms with Crippen LogP contribution < -0.4 is 10.6 Å². The van der Waals surface area contributed by atoms with E-state index in [1.807, 2.05) is 26.8 Å². The molecule has 148 valence electrons. The molecule has 0 aliphatic heterocycles. The summed E-state index contributed by atoms with van der Waals surface area (Å²) in [6, 6.07) is 1.30. The Morgan fingerprint density at radius 3 is 2.39 bits per heavy atom. The van der Waals surface area contributed by atoms with Gasteiger partial charge in [0.2, 0.25) is 5.91 Å². The molecule has 2 amide bonds. The van der Waals surface area contributed by atoms with Gasteiger partial charge >= 0.3 is 0 Å². The lowest BCUT2D eigenvalue weighted by Gasteiger charge is -2.15. The average molecular weight is 384 g/mol. The second kappa shape index (κ2) is 7.67. The maximum atomic E-state index is 12.9. The molecule has 0 fully saturated rings. The average Bonchev–Trinajstić information content (AvgIpc) is 3.36. The molecule has 1 unspecified atom stereocenters. The highest BCUT2D eigenvalue weighted by molar-refractivity contribution is 6.09. The van der Waals surface area contributed by atoms with Crippen LogP contribution in [0.3, 0.4) is 0 Å². The normalized spacial score (nSPS) is 12.0. The lowest BCUT2D eigenvalue weighted by atomic mass is 10.2. The van der Waals surface area contributed by atoms with Crippen LogP contribution in [0.5, 0.6) is 0 Å². The smallest absolute Gasteiger partial charge is 0.276 e. The van der Waals surface area contributed by atoms with Crippen molar-refractivity contribution in [1.82, 2.24) is 29.3 Å². The number of carbonyl (C=O) groups excluding carboxylic acids is 2. The Bertz CT molecular complexity index is 1010. The number of aromatic nitrogens is 6. The van der Waals surface area contributed by atoms with E-state index in [1.54, 1.807) is 40.4 Å². The van der Waals surface area contributed by atoms with Gasteiger partial charge in [0.05, 0.1) is 29.5 Å². The first kappa shape index (κ1) is 19.3. The highest BCUT2D eigenvalue weighted by Crippen LogP contribution is 2.21. The number of hydrogen-bond donors (Lipinski definition) is 2. The Morgan fingerprint density at radius 2 is 1.82 bits per heavy atom. The third-order valence-corrected chi connectivity index (χ3v) is 4.71. The quantitative estimate of drug-likeness (QED) is 0.674. The Labute approximate surface area is 162 Å². The summed E-state index contributed by atoms with van der Waals surface area (Å²) >= 11 is 0. The first-order chi connectivity index (χ1) is 13.3. The Balaban J connectivity index is 1.84. The number of amides is 2. The van der Waals surface area contributed by atoms with E-state index in [4.69, 9.17) is 0 Å². The maximum Gasteiger partial charge on any atom is 0.276 e. The molecule has 0 aliphatic carbocycles. The van der Waals surface area contributed by atoms with Crippen LogP contribution in [0.2, 0.25) is 0 Å². The van der Waals surface area contributed by atoms with Crippen molar-refractivity contribution < 1.29 is 9.59 Å². The van der Waals surface area contributed by atoms with Gasteiger partial charge in [-0.25, -0.2) is 0 Å². The van der Waals surface area contributed by atoms with Crippen LogP contribution in [-0.2, 0) is 18.4 Å². The van der Waals surface area contributed by atoms with E-state index in [9.17, 15) is 9.59 Å². The van der Waals surface area contributed by atoms with Crippen molar-refractivity contribution >= 4 is 23.2 Å². The van der Waals surface area contributed by atoms with Gasteiger partial charge in [0.15, 0.2) is 0 Å². The minimum atomic E-state index is -0.531. The molecule has 0 saturated heterocycles. The van der Waals surface area contributed by atoms with Crippen molar-refractivity contribution in [3.8, 4) is 0 Å². The van der Waals surface area contributed by atoms with Crippen molar-refractivity contribution in [2.45, 2.75) is 40.3 Å². The summed E-state index contributed by atoms with van der Waals surface area (Å²) < 4.78 is 4.84. The number of carbonyl (C=O) groups is 2. The van der Waals surface area contributed by atoms with E-state index in [-0.39, 0.29) is 17.5 Å². The summed E-state index contributed by atoms with van der Waals surface area (Å²) in [7, 11) is 1.80. The predicted octanol–water partition coefficient (Wildman–Crippen LogP) is 1.90. The number of nitrogens with zero attached hydrogens (tertiary/aromatic N) is 6. The van der Waals surface area contributed by atoms with Gasteiger partial charge in [-0.15, -0.1) is 0 Å². The van der Waals surface area contributed by atoms with Crippen molar-refractivity contribution in [3.63, 3.8) is 0 Å². The number of aryl methyl sites for hydroxylation is 3. The monoisotopic (exact) mass is 384 g/mol. The molecule has 3 rings (SSSR count). The minimum Gasteiger partial charge on any atom is -0.321 e. The van der Waals surface area contributed by atoms with Crippen LogP contribution in [0.4, 0.5) is 11.4 Å². The molecular weight excluding hydrogens is 360 g/mol. The molecule has 0 bridgehead atoms. The molecule has 0 aliphatic rings. The van der Waals surface area contributed by atoms with Gasteiger partial charge in [-0.3, -0.25) is 23.6 Å². The maximum absolute atomic E-state index is 12.9. The zero-order valence-corrected chi connectivity index (χ0v) is 16.6. The molecule has 3 aromatic rings. The van der Waals surface area contributed by atoms with Crippen LogP contribution in [-0.4, -0.2) is 41.2 Å². The fourth-order valence-corrected chi connectivity index (χ4v) is 2.89. The first-order valence-electron chi connectivity index (χ1n) is 9.00. The predicted molar refractivity (Wildman–Crippen MR) is 104 cm³/mol.